The first-order chi connectivity index (χ1) is 27.8. The Hall–Kier alpha value is -6.00. The van der Waals surface area contributed by atoms with Crippen molar-refractivity contribution in [3.8, 4) is 11.1 Å². The summed E-state index contributed by atoms with van der Waals surface area (Å²) in [5.74, 6) is -2.16. The van der Waals surface area contributed by atoms with Gasteiger partial charge in [-0.05, 0) is 71.0 Å². The molecule has 4 aromatic rings. The molecule has 0 aromatic heterocycles. The van der Waals surface area contributed by atoms with Gasteiger partial charge in [-0.1, -0.05) is 115 Å². The smallest absolute Gasteiger partial charge is 0.407 e. The van der Waals surface area contributed by atoms with Crippen molar-refractivity contribution >= 4 is 23.9 Å². The minimum absolute atomic E-state index is 0.0813. The highest BCUT2D eigenvalue weighted by Gasteiger charge is 2.33. The molecule has 4 unspecified atom stereocenters. The van der Waals surface area contributed by atoms with Gasteiger partial charge in [0.25, 0.3) is 0 Å². The molecule has 4 aromatic carbocycles. The number of rotatable bonds is 18. The van der Waals surface area contributed by atoms with E-state index < -0.39 is 30.1 Å². The normalized spacial score (nSPS) is 15.8. The highest BCUT2D eigenvalue weighted by Crippen LogP contribution is 2.44. The number of esters is 1. The molecule has 3 amide bonds. The third-order valence-electron chi connectivity index (χ3n) is 10.8. The maximum Gasteiger partial charge on any atom is 0.407 e. The number of aliphatic hydroxyl groups is 1. The van der Waals surface area contributed by atoms with Crippen molar-refractivity contribution in [1.29, 1.82) is 0 Å². The zero-order valence-electron chi connectivity index (χ0n) is 32.2. The van der Waals surface area contributed by atoms with E-state index in [1.165, 1.54) is 0 Å². The quantitative estimate of drug-likeness (QED) is 0.0762. The minimum atomic E-state index is -1.02. The van der Waals surface area contributed by atoms with E-state index in [0.717, 1.165) is 38.9 Å². The van der Waals surface area contributed by atoms with Gasteiger partial charge in [-0.15, -0.1) is 13.2 Å². The van der Waals surface area contributed by atoms with Crippen LogP contribution in [0.4, 0.5) is 4.79 Å². The first kappa shape index (κ1) is 40.7. The van der Waals surface area contributed by atoms with Crippen molar-refractivity contribution in [1.82, 2.24) is 15.5 Å². The van der Waals surface area contributed by atoms with Crippen molar-refractivity contribution in [3.05, 3.63) is 156 Å². The number of alkyl carbamates (subject to hydrolysis) is 1. The molecule has 4 atom stereocenters. The standard InChI is InChI=1S/C47H51N3O7/c1-3-5-24-43(49-47(55)57-31-42-40-22-13-11-20-38(40)39-21-12-14-23-41(39)42)46(54)56-30-36(25-32-16-7-6-8-17-32)48-45(53)34(15-4-2)27-44(52)50-28-35-19-10-9-18-33(35)26-37(50)29-51/h3-4,6-14,16-23,34,36-37,42-43,51H,1-2,5,15,24-31H2,(H,48,53)(H,49,55). The molecule has 0 spiro atoms. The van der Waals surface area contributed by atoms with E-state index in [0.29, 0.717) is 25.8 Å². The summed E-state index contributed by atoms with van der Waals surface area (Å²) in [7, 11) is 0. The van der Waals surface area contributed by atoms with Gasteiger partial charge in [0.15, 0.2) is 0 Å². The zero-order valence-corrected chi connectivity index (χ0v) is 32.2. The molecule has 57 heavy (non-hydrogen) atoms. The number of fused-ring (bicyclic) bond motifs is 4. The average Bonchev–Trinajstić information content (AvgIpc) is 3.56. The second kappa shape index (κ2) is 19.7. The van der Waals surface area contributed by atoms with E-state index >= 15 is 0 Å². The van der Waals surface area contributed by atoms with Crippen molar-refractivity contribution in [3.63, 3.8) is 0 Å². The van der Waals surface area contributed by atoms with Gasteiger partial charge in [0.05, 0.1) is 24.6 Å². The number of nitrogens with one attached hydrogen (secondary N) is 2. The molecule has 0 fully saturated rings. The molecular weight excluding hydrogens is 719 g/mol. The fourth-order valence-electron chi connectivity index (χ4n) is 7.82. The molecule has 10 nitrogen and oxygen atoms in total. The summed E-state index contributed by atoms with van der Waals surface area (Å²) in [4.78, 5) is 56.1. The van der Waals surface area contributed by atoms with E-state index in [-0.39, 0.29) is 62.9 Å². The van der Waals surface area contributed by atoms with E-state index in [9.17, 15) is 24.3 Å². The van der Waals surface area contributed by atoms with Crippen LogP contribution >= 0.6 is 0 Å². The maximum absolute atomic E-state index is 13.9. The number of hydrogen-bond acceptors (Lipinski definition) is 7. The lowest BCUT2D eigenvalue weighted by Gasteiger charge is -2.36. The number of amides is 3. The molecule has 0 saturated carbocycles. The summed E-state index contributed by atoms with van der Waals surface area (Å²) in [5.41, 5.74) is 7.39. The summed E-state index contributed by atoms with van der Waals surface area (Å²) in [5, 5.41) is 15.9. The molecule has 3 N–H and O–H groups in total. The predicted molar refractivity (Wildman–Crippen MR) is 219 cm³/mol. The number of hydrogen-bond donors (Lipinski definition) is 3. The Kier molecular flexibility index (Phi) is 14.1. The highest BCUT2D eigenvalue weighted by atomic mass is 16.6. The largest absolute Gasteiger partial charge is 0.462 e. The van der Waals surface area contributed by atoms with Gasteiger partial charge in [0, 0.05) is 18.9 Å². The molecular formula is C47H51N3O7. The lowest BCUT2D eigenvalue weighted by molar-refractivity contribution is -0.147. The predicted octanol–water partition coefficient (Wildman–Crippen LogP) is 6.66. The Morgan fingerprint density at radius 1 is 0.807 bits per heavy atom. The van der Waals surface area contributed by atoms with Crippen molar-refractivity contribution in [2.45, 2.75) is 69.1 Å². The lowest BCUT2D eigenvalue weighted by atomic mass is 9.92. The van der Waals surface area contributed by atoms with E-state index in [4.69, 9.17) is 9.47 Å². The lowest BCUT2D eigenvalue weighted by Crippen LogP contribution is -2.49. The molecule has 2 aliphatic rings. The molecule has 10 heteroatoms. The van der Waals surface area contributed by atoms with Crippen LogP contribution in [0, 0.1) is 5.92 Å². The SMILES string of the molecule is C=CCCC(NC(=O)OCC1c2ccccc2-c2ccccc21)C(=O)OCC(Cc1ccccc1)NC(=O)C(CC=C)CC(=O)N1Cc2ccccc2CC1CO. The van der Waals surface area contributed by atoms with Gasteiger partial charge in [0.2, 0.25) is 11.8 Å². The monoisotopic (exact) mass is 769 g/mol. The fraction of sp³-hybridized carbons (Fsp3) is 0.319. The van der Waals surface area contributed by atoms with Crippen LogP contribution in [0.5, 0.6) is 0 Å². The summed E-state index contributed by atoms with van der Waals surface area (Å²) in [6.07, 6.45) is 4.25. The van der Waals surface area contributed by atoms with E-state index in [2.05, 4.69) is 35.9 Å². The van der Waals surface area contributed by atoms with Gasteiger partial charge in [-0.3, -0.25) is 9.59 Å². The minimum Gasteiger partial charge on any atom is -0.462 e. The average molecular weight is 770 g/mol. The molecule has 0 bridgehead atoms. The second-order valence-corrected chi connectivity index (χ2v) is 14.7. The molecule has 0 saturated heterocycles. The number of carbonyl (C=O) groups is 4. The van der Waals surface area contributed by atoms with Crippen LogP contribution in [-0.4, -0.2) is 71.8 Å². The van der Waals surface area contributed by atoms with Gasteiger partial charge >= 0.3 is 12.1 Å². The number of benzene rings is 4. The number of allylic oxidation sites excluding steroid dienone is 2. The summed E-state index contributed by atoms with van der Waals surface area (Å²) >= 11 is 0. The number of nitrogens with zero attached hydrogens (tertiary/aromatic N) is 1. The van der Waals surface area contributed by atoms with Gasteiger partial charge < -0.3 is 30.1 Å². The molecule has 1 aliphatic carbocycles. The third kappa shape index (κ3) is 10.3. The molecule has 1 aliphatic heterocycles. The summed E-state index contributed by atoms with van der Waals surface area (Å²) in [6.45, 7) is 7.67. The van der Waals surface area contributed by atoms with Crippen LogP contribution in [0.1, 0.15) is 59.4 Å². The first-order valence-electron chi connectivity index (χ1n) is 19.6. The fourth-order valence-corrected chi connectivity index (χ4v) is 7.82. The molecule has 296 valence electrons. The Morgan fingerprint density at radius 2 is 1.46 bits per heavy atom. The Bertz CT molecular complexity index is 2000. The zero-order chi connectivity index (χ0) is 40.1. The third-order valence-corrected chi connectivity index (χ3v) is 10.8. The topological polar surface area (TPSA) is 134 Å². The van der Waals surface area contributed by atoms with Crippen molar-refractivity contribution < 1.29 is 33.8 Å². The summed E-state index contributed by atoms with van der Waals surface area (Å²) < 4.78 is 11.5. The van der Waals surface area contributed by atoms with E-state index in [1.54, 1.807) is 17.1 Å². The number of carbonyl (C=O) groups excluding carboxylic acids is 4. The number of ether oxygens (including phenoxy) is 2. The van der Waals surface area contributed by atoms with Gasteiger partial charge in [-0.2, -0.15) is 0 Å². The van der Waals surface area contributed by atoms with Gasteiger partial charge in [0.1, 0.15) is 19.3 Å². The van der Waals surface area contributed by atoms with E-state index in [1.807, 2.05) is 91.0 Å². The Morgan fingerprint density at radius 3 is 2.12 bits per heavy atom. The first-order valence-corrected chi connectivity index (χ1v) is 19.6. The van der Waals surface area contributed by atoms with Gasteiger partial charge in [-0.25, -0.2) is 9.59 Å². The van der Waals surface area contributed by atoms with Crippen LogP contribution in [0.15, 0.2) is 128 Å². The van der Waals surface area contributed by atoms with Crippen molar-refractivity contribution in [2.75, 3.05) is 19.8 Å². The van der Waals surface area contributed by atoms with Crippen molar-refractivity contribution in [2.24, 2.45) is 5.92 Å². The van der Waals surface area contributed by atoms with Crippen LogP contribution in [0.3, 0.4) is 0 Å². The van der Waals surface area contributed by atoms with Crippen LogP contribution < -0.4 is 10.6 Å². The molecule has 0 radical (unpaired) electrons. The second-order valence-electron chi connectivity index (χ2n) is 14.7. The van der Waals surface area contributed by atoms with Crippen LogP contribution in [0.25, 0.3) is 11.1 Å². The highest BCUT2D eigenvalue weighted by molar-refractivity contribution is 5.87. The Balaban J connectivity index is 1.09. The molecule has 6 rings (SSSR count). The maximum atomic E-state index is 13.9. The van der Waals surface area contributed by atoms with Crippen LogP contribution in [-0.2, 0) is 43.2 Å². The Labute approximate surface area is 334 Å². The van der Waals surface area contributed by atoms with Crippen LogP contribution in [0.2, 0.25) is 0 Å². The number of aliphatic hydroxyl groups excluding tert-OH is 1. The summed E-state index contributed by atoms with van der Waals surface area (Å²) in [6, 6.07) is 31.4. The molecule has 1 heterocycles.